The van der Waals surface area contributed by atoms with E-state index in [0.29, 0.717) is 24.5 Å². The topological polar surface area (TPSA) is 96.0 Å². The van der Waals surface area contributed by atoms with E-state index in [-0.39, 0.29) is 43.8 Å². The number of ether oxygens (including phenoxy) is 1. The molecule has 1 N–H and O–H groups in total. The Kier molecular flexibility index (Phi) is 12.0. The molecule has 9 heteroatoms. The van der Waals surface area contributed by atoms with E-state index in [1.165, 1.54) is 4.31 Å². The minimum absolute atomic E-state index is 0.0785. The number of hydrogen-bond donors (Lipinski definition) is 1. The molecule has 0 saturated heterocycles. The molecule has 0 bridgehead atoms. The lowest BCUT2D eigenvalue weighted by molar-refractivity contribution is -0.141. The van der Waals surface area contributed by atoms with Gasteiger partial charge in [0.1, 0.15) is 11.8 Å². The number of hydrogen-bond acceptors (Lipinski definition) is 5. The molecule has 0 aliphatic rings. The molecule has 0 spiro atoms. The zero-order valence-electron chi connectivity index (χ0n) is 25.2. The first-order valence-corrected chi connectivity index (χ1v) is 16.2. The fourth-order valence-electron chi connectivity index (χ4n) is 4.82. The van der Waals surface area contributed by atoms with Crippen LogP contribution >= 0.6 is 0 Å². The first-order chi connectivity index (χ1) is 20.0. The Balaban J connectivity index is 1.86. The van der Waals surface area contributed by atoms with Crippen molar-refractivity contribution in [2.24, 2.45) is 0 Å². The maximum absolute atomic E-state index is 13.9. The van der Waals surface area contributed by atoms with Crippen LogP contribution in [0.15, 0.2) is 78.9 Å². The summed E-state index contributed by atoms with van der Waals surface area (Å²) in [5.74, 6) is 0.222. The highest BCUT2D eigenvalue weighted by molar-refractivity contribution is 7.92. The van der Waals surface area contributed by atoms with Crippen LogP contribution in [0.3, 0.4) is 0 Å². The molecule has 3 aromatic rings. The SMILES string of the molecule is CCOc1ccc(N(CCCC(=O)N(Cc2cccc(C)c2)[C@@H](Cc2ccccc2)C(=O)NC(C)C)S(C)(=O)=O)cc1. The number of nitrogens with one attached hydrogen (secondary N) is 1. The second-order valence-electron chi connectivity index (χ2n) is 10.7. The van der Waals surface area contributed by atoms with Gasteiger partial charge in [-0.1, -0.05) is 60.2 Å². The number of benzene rings is 3. The third-order valence-electron chi connectivity index (χ3n) is 6.73. The lowest BCUT2D eigenvalue weighted by Gasteiger charge is -2.32. The van der Waals surface area contributed by atoms with Crippen LogP contribution in [-0.4, -0.2) is 56.6 Å². The molecule has 0 radical (unpaired) electrons. The normalized spacial score (nSPS) is 12.0. The van der Waals surface area contributed by atoms with Crippen LogP contribution in [0.5, 0.6) is 5.75 Å². The Hall–Kier alpha value is -3.85. The Morgan fingerprint density at radius 2 is 1.60 bits per heavy atom. The molecule has 0 unspecified atom stereocenters. The van der Waals surface area contributed by atoms with E-state index in [1.54, 1.807) is 29.2 Å². The highest BCUT2D eigenvalue weighted by atomic mass is 32.2. The summed E-state index contributed by atoms with van der Waals surface area (Å²) in [4.78, 5) is 29.1. The molecule has 226 valence electrons. The molecule has 3 rings (SSSR count). The molecule has 1 atom stereocenters. The Labute approximate surface area is 250 Å². The van der Waals surface area contributed by atoms with Crippen LogP contribution in [0.2, 0.25) is 0 Å². The summed E-state index contributed by atoms with van der Waals surface area (Å²) < 4.78 is 32.1. The monoisotopic (exact) mass is 593 g/mol. The highest BCUT2D eigenvalue weighted by Crippen LogP contribution is 2.23. The number of nitrogens with zero attached hydrogens (tertiary/aromatic N) is 2. The first-order valence-electron chi connectivity index (χ1n) is 14.4. The molecule has 0 fully saturated rings. The summed E-state index contributed by atoms with van der Waals surface area (Å²) in [6.07, 6.45) is 1.88. The van der Waals surface area contributed by atoms with Crippen LogP contribution in [-0.2, 0) is 32.6 Å². The fourth-order valence-corrected chi connectivity index (χ4v) is 5.79. The molecule has 0 aliphatic heterocycles. The average Bonchev–Trinajstić information content (AvgIpc) is 2.93. The molecule has 0 aliphatic carbocycles. The van der Waals surface area contributed by atoms with Crippen molar-refractivity contribution in [1.29, 1.82) is 0 Å². The van der Waals surface area contributed by atoms with Crippen molar-refractivity contribution < 1.29 is 22.7 Å². The largest absolute Gasteiger partial charge is 0.494 e. The Bertz CT molecular complexity index is 1410. The lowest BCUT2D eigenvalue weighted by Crippen LogP contribution is -2.51. The average molecular weight is 594 g/mol. The number of aryl methyl sites for hydroxylation is 1. The molecule has 8 nitrogen and oxygen atoms in total. The van der Waals surface area contributed by atoms with E-state index in [4.69, 9.17) is 4.74 Å². The molecule has 0 heterocycles. The second-order valence-corrected chi connectivity index (χ2v) is 12.7. The van der Waals surface area contributed by atoms with E-state index in [1.807, 2.05) is 82.3 Å². The van der Waals surface area contributed by atoms with Gasteiger partial charge in [0.25, 0.3) is 0 Å². The molecule has 0 saturated carbocycles. The smallest absolute Gasteiger partial charge is 0.243 e. The van der Waals surface area contributed by atoms with Gasteiger partial charge in [0, 0.05) is 32.0 Å². The predicted octanol–water partition coefficient (Wildman–Crippen LogP) is 5.10. The van der Waals surface area contributed by atoms with Gasteiger partial charge in [-0.25, -0.2) is 8.42 Å². The zero-order valence-corrected chi connectivity index (χ0v) is 26.1. The van der Waals surface area contributed by atoms with Crippen LogP contribution in [0.25, 0.3) is 0 Å². The number of amides is 2. The number of carbonyl (C=O) groups is 2. The molecular formula is C33H43N3O5S. The van der Waals surface area contributed by atoms with Gasteiger partial charge in [-0.15, -0.1) is 0 Å². The van der Waals surface area contributed by atoms with E-state index in [9.17, 15) is 18.0 Å². The standard InChI is InChI=1S/C33H43N3O5S/c1-6-41-30-19-17-29(18-20-30)36(42(5,39)40)21-11-16-32(37)35(24-28-15-10-12-26(4)22-28)31(33(38)34-25(2)3)23-27-13-8-7-9-14-27/h7-10,12-15,17-20,22,25,31H,6,11,16,21,23-24H2,1-5H3,(H,34,38)/t31-/m0/s1. The summed E-state index contributed by atoms with van der Waals surface area (Å²) >= 11 is 0. The van der Waals surface area contributed by atoms with Crippen molar-refractivity contribution in [2.45, 2.75) is 65.6 Å². The number of anilines is 1. The van der Waals surface area contributed by atoms with Gasteiger partial charge < -0.3 is 15.0 Å². The number of carbonyl (C=O) groups excluding carboxylic acids is 2. The first kappa shape index (κ1) is 32.7. The summed E-state index contributed by atoms with van der Waals surface area (Å²) in [5, 5.41) is 2.99. The Morgan fingerprint density at radius 1 is 0.929 bits per heavy atom. The summed E-state index contributed by atoms with van der Waals surface area (Å²) in [6.45, 7) is 8.55. The molecule has 42 heavy (non-hydrogen) atoms. The van der Waals surface area contributed by atoms with Crippen LogP contribution in [0.4, 0.5) is 5.69 Å². The summed E-state index contributed by atoms with van der Waals surface area (Å²) in [7, 11) is -3.60. The van der Waals surface area contributed by atoms with E-state index in [2.05, 4.69) is 5.32 Å². The molecule has 2 amide bonds. The van der Waals surface area contributed by atoms with Crippen LogP contribution in [0.1, 0.15) is 50.3 Å². The number of rotatable bonds is 15. The van der Waals surface area contributed by atoms with Crippen molar-refractivity contribution in [3.63, 3.8) is 0 Å². The summed E-state index contributed by atoms with van der Waals surface area (Å²) in [6, 6.07) is 23.6. The highest BCUT2D eigenvalue weighted by Gasteiger charge is 2.31. The van der Waals surface area contributed by atoms with Gasteiger partial charge in [-0.05, 0) is 69.5 Å². The van der Waals surface area contributed by atoms with Gasteiger partial charge >= 0.3 is 0 Å². The van der Waals surface area contributed by atoms with Crippen molar-refractivity contribution in [3.05, 3.63) is 95.6 Å². The van der Waals surface area contributed by atoms with E-state index < -0.39 is 16.1 Å². The lowest BCUT2D eigenvalue weighted by atomic mass is 10.0. The zero-order chi connectivity index (χ0) is 30.7. The minimum atomic E-state index is -3.60. The second kappa shape index (κ2) is 15.4. The Morgan fingerprint density at radius 3 is 2.19 bits per heavy atom. The van der Waals surface area contributed by atoms with Crippen molar-refractivity contribution in [1.82, 2.24) is 10.2 Å². The van der Waals surface area contributed by atoms with Gasteiger partial charge in [0.05, 0.1) is 18.6 Å². The molecule has 0 aromatic heterocycles. The maximum Gasteiger partial charge on any atom is 0.243 e. The van der Waals surface area contributed by atoms with Gasteiger partial charge in [-0.3, -0.25) is 13.9 Å². The van der Waals surface area contributed by atoms with Gasteiger partial charge in [0.2, 0.25) is 21.8 Å². The molecule has 3 aromatic carbocycles. The van der Waals surface area contributed by atoms with E-state index >= 15 is 0 Å². The fraction of sp³-hybridized carbons (Fsp3) is 0.394. The maximum atomic E-state index is 13.9. The third kappa shape index (κ3) is 9.91. The number of sulfonamides is 1. The molecular weight excluding hydrogens is 550 g/mol. The van der Waals surface area contributed by atoms with Gasteiger partial charge in [-0.2, -0.15) is 0 Å². The van der Waals surface area contributed by atoms with Crippen molar-refractivity contribution in [2.75, 3.05) is 23.7 Å². The third-order valence-corrected chi connectivity index (χ3v) is 7.92. The van der Waals surface area contributed by atoms with Crippen molar-refractivity contribution in [3.8, 4) is 5.75 Å². The van der Waals surface area contributed by atoms with Crippen LogP contribution in [0, 0.1) is 6.92 Å². The van der Waals surface area contributed by atoms with Gasteiger partial charge in [0.15, 0.2) is 0 Å². The van der Waals surface area contributed by atoms with E-state index in [0.717, 1.165) is 22.9 Å². The van der Waals surface area contributed by atoms with Crippen LogP contribution < -0.4 is 14.4 Å². The minimum Gasteiger partial charge on any atom is -0.494 e. The predicted molar refractivity (Wildman–Crippen MR) is 168 cm³/mol. The quantitative estimate of drug-likeness (QED) is 0.264. The summed E-state index contributed by atoms with van der Waals surface area (Å²) in [5.41, 5.74) is 3.43. The van der Waals surface area contributed by atoms with Crippen molar-refractivity contribution >= 4 is 27.5 Å².